The number of benzene rings is 1. The van der Waals surface area contributed by atoms with E-state index in [1.165, 1.54) is 27.3 Å². The van der Waals surface area contributed by atoms with Gasteiger partial charge in [0.05, 0.1) is 0 Å². The zero-order valence-corrected chi connectivity index (χ0v) is 13.1. The average Bonchev–Trinajstić information content (AvgIpc) is 3.30. The number of rotatable bonds is 2. The van der Waals surface area contributed by atoms with Crippen LogP contribution in [0.15, 0.2) is 59.3 Å². The molecule has 0 N–H and O–H groups in total. The Morgan fingerprint density at radius 1 is 0.714 bits per heavy atom. The Balaban J connectivity index is 1.80. The lowest BCUT2D eigenvalue weighted by molar-refractivity contribution is 0.805. The molecule has 2 aromatic heterocycles. The van der Waals surface area contributed by atoms with Crippen molar-refractivity contribution >= 4 is 22.7 Å². The number of hydrogen-bond acceptors (Lipinski definition) is 2. The molecule has 1 aromatic carbocycles. The Morgan fingerprint density at radius 3 is 1.67 bits per heavy atom. The number of allylic oxidation sites excluding steroid dienone is 2. The minimum absolute atomic E-state index is 0.627. The first-order valence-corrected chi connectivity index (χ1v) is 9.10. The van der Waals surface area contributed by atoms with Crippen LogP contribution in [-0.2, 0) is 0 Å². The quantitative estimate of drug-likeness (QED) is 0.488. The van der Waals surface area contributed by atoms with Gasteiger partial charge in [-0.1, -0.05) is 36.4 Å². The third-order valence-electron chi connectivity index (χ3n) is 4.69. The minimum Gasteiger partial charge on any atom is -0.144 e. The maximum atomic E-state index is 2.42. The van der Waals surface area contributed by atoms with Gasteiger partial charge in [-0.05, 0) is 51.6 Å². The van der Waals surface area contributed by atoms with Crippen LogP contribution in [0.1, 0.15) is 29.4 Å². The molecule has 2 heteroatoms. The fourth-order valence-electron chi connectivity index (χ4n) is 3.86. The van der Waals surface area contributed by atoms with Crippen molar-refractivity contribution in [2.24, 2.45) is 0 Å². The van der Waals surface area contributed by atoms with Gasteiger partial charge in [-0.25, -0.2) is 0 Å². The maximum absolute atomic E-state index is 2.42. The second-order valence-electron chi connectivity index (χ2n) is 5.78. The van der Waals surface area contributed by atoms with Crippen LogP contribution in [0.25, 0.3) is 20.9 Å². The second kappa shape index (κ2) is 4.43. The lowest BCUT2D eigenvalue weighted by atomic mass is 9.87. The Hall–Kier alpha value is -1.64. The first-order chi connectivity index (χ1) is 10.4. The van der Waals surface area contributed by atoms with E-state index in [9.17, 15) is 0 Å². The molecule has 2 bridgehead atoms. The van der Waals surface area contributed by atoms with Crippen LogP contribution in [0, 0.1) is 0 Å². The van der Waals surface area contributed by atoms with Crippen molar-refractivity contribution in [3.05, 3.63) is 70.4 Å². The van der Waals surface area contributed by atoms with Crippen LogP contribution in [-0.4, -0.2) is 0 Å². The normalized spacial score (nSPS) is 21.9. The van der Waals surface area contributed by atoms with Crippen LogP contribution >= 0.6 is 22.7 Å². The smallest absolute Gasteiger partial charge is 0.0345 e. The zero-order valence-electron chi connectivity index (χ0n) is 11.5. The summed E-state index contributed by atoms with van der Waals surface area (Å²) in [6, 6.07) is 13.5. The van der Waals surface area contributed by atoms with E-state index < -0.39 is 0 Å². The first kappa shape index (κ1) is 12.0. The van der Waals surface area contributed by atoms with Gasteiger partial charge < -0.3 is 0 Å². The molecule has 3 aromatic rings. The Kier molecular flexibility index (Phi) is 2.52. The molecule has 0 fully saturated rings. The van der Waals surface area contributed by atoms with Gasteiger partial charge in [0.2, 0.25) is 0 Å². The highest BCUT2D eigenvalue weighted by atomic mass is 32.1. The van der Waals surface area contributed by atoms with Gasteiger partial charge in [-0.2, -0.15) is 0 Å². The molecule has 5 rings (SSSR count). The largest absolute Gasteiger partial charge is 0.144 e. The molecule has 2 aliphatic carbocycles. The molecular weight excluding hydrogens is 292 g/mol. The fraction of sp³-hybridized carbons (Fsp3) is 0.158. The highest BCUT2D eigenvalue weighted by molar-refractivity contribution is 7.14. The number of hydrogen-bond donors (Lipinski definition) is 0. The summed E-state index contributed by atoms with van der Waals surface area (Å²) in [6.07, 6.45) is 6.11. The van der Waals surface area contributed by atoms with Crippen molar-refractivity contribution in [2.75, 3.05) is 0 Å². The summed E-state index contributed by atoms with van der Waals surface area (Å²) in [4.78, 5) is 2.81. The average molecular weight is 306 g/mol. The molecular formula is C19H14S2. The van der Waals surface area contributed by atoms with E-state index in [1.807, 2.05) is 22.7 Å². The molecule has 0 spiro atoms. The highest BCUT2D eigenvalue weighted by Crippen LogP contribution is 2.55. The van der Waals surface area contributed by atoms with E-state index in [2.05, 4.69) is 59.3 Å². The van der Waals surface area contributed by atoms with E-state index in [4.69, 9.17) is 0 Å². The summed E-state index contributed by atoms with van der Waals surface area (Å²) in [5.74, 6) is 1.25. The van der Waals surface area contributed by atoms with Gasteiger partial charge in [0.1, 0.15) is 0 Å². The monoisotopic (exact) mass is 306 g/mol. The van der Waals surface area contributed by atoms with Crippen molar-refractivity contribution in [3.63, 3.8) is 0 Å². The summed E-state index contributed by atoms with van der Waals surface area (Å²) >= 11 is 3.70. The summed E-state index contributed by atoms with van der Waals surface area (Å²) in [7, 11) is 0. The van der Waals surface area contributed by atoms with Crippen molar-refractivity contribution in [3.8, 4) is 20.9 Å². The molecule has 0 unspecified atom stereocenters. The van der Waals surface area contributed by atoms with E-state index >= 15 is 0 Å². The molecule has 0 saturated heterocycles. The predicted octanol–water partition coefficient (Wildman–Crippen LogP) is 6.28. The van der Waals surface area contributed by atoms with Crippen molar-refractivity contribution in [1.82, 2.24) is 0 Å². The van der Waals surface area contributed by atoms with Crippen LogP contribution in [0.4, 0.5) is 0 Å². The molecule has 2 aliphatic rings. The summed E-state index contributed by atoms with van der Waals surface area (Å²) in [6.45, 7) is 0. The molecule has 0 radical (unpaired) electrons. The van der Waals surface area contributed by atoms with Crippen LogP contribution in [0.5, 0.6) is 0 Å². The standard InChI is InChI=1S/C19H14S2/c1-3-16(20-9-1)14-7-8-15(17-4-2-10-21-17)19-13-6-5-12(11-13)18(14)19/h1-10,12-13H,11H2/t12-,13+. The Morgan fingerprint density at radius 2 is 1.24 bits per heavy atom. The molecule has 0 aliphatic heterocycles. The van der Waals surface area contributed by atoms with Crippen molar-refractivity contribution in [2.45, 2.75) is 18.3 Å². The first-order valence-electron chi connectivity index (χ1n) is 7.34. The van der Waals surface area contributed by atoms with E-state index in [0.29, 0.717) is 11.8 Å². The van der Waals surface area contributed by atoms with Gasteiger partial charge >= 0.3 is 0 Å². The van der Waals surface area contributed by atoms with Crippen LogP contribution < -0.4 is 0 Å². The lowest BCUT2D eigenvalue weighted by Gasteiger charge is -2.18. The fourth-order valence-corrected chi connectivity index (χ4v) is 5.39. The molecule has 102 valence electrons. The third-order valence-corrected chi connectivity index (χ3v) is 6.49. The summed E-state index contributed by atoms with van der Waals surface area (Å²) in [5.41, 5.74) is 6.10. The topological polar surface area (TPSA) is 0 Å². The molecule has 0 amide bonds. The molecule has 2 heterocycles. The van der Waals surface area contributed by atoms with Crippen LogP contribution in [0.2, 0.25) is 0 Å². The predicted molar refractivity (Wildman–Crippen MR) is 92.3 cm³/mol. The summed E-state index contributed by atoms with van der Waals surface area (Å²) in [5, 5.41) is 4.36. The van der Waals surface area contributed by atoms with Crippen molar-refractivity contribution < 1.29 is 0 Å². The molecule has 21 heavy (non-hydrogen) atoms. The highest BCUT2D eigenvalue weighted by Gasteiger charge is 2.37. The van der Waals surface area contributed by atoms with Gasteiger partial charge in [0.15, 0.2) is 0 Å². The second-order valence-corrected chi connectivity index (χ2v) is 7.67. The molecule has 2 atom stereocenters. The van der Waals surface area contributed by atoms with E-state index in [-0.39, 0.29) is 0 Å². The Labute approximate surface area is 132 Å². The summed E-state index contributed by atoms with van der Waals surface area (Å²) < 4.78 is 0. The lowest BCUT2D eigenvalue weighted by Crippen LogP contribution is -1.98. The minimum atomic E-state index is 0.627. The zero-order chi connectivity index (χ0) is 13.8. The van der Waals surface area contributed by atoms with Crippen molar-refractivity contribution in [1.29, 1.82) is 0 Å². The molecule has 0 saturated carbocycles. The van der Waals surface area contributed by atoms with Gasteiger partial charge in [-0.15, -0.1) is 22.7 Å². The maximum Gasteiger partial charge on any atom is 0.0345 e. The number of fused-ring (bicyclic) bond motifs is 5. The SMILES string of the molecule is C1=C[C@H]2C[C@@H]1c1c(-c3cccs3)ccc(-c3cccs3)c12. The number of thiophene rings is 2. The third kappa shape index (κ3) is 1.66. The van der Waals surface area contributed by atoms with Gasteiger partial charge in [-0.3, -0.25) is 0 Å². The van der Waals surface area contributed by atoms with Gasteiger partial charge in [0, 0.05) is 21.6 Å². The van der Waals surface area contributed by atoms with Gasteiger partial charge in [0.25, 0.3) is 0 Å². The van der Waals surface area contributed by atoms with E-state index in [0.717, 1.165) is 0 Å². The Bertz CT molecular complexity index is 754. The van der Waals surface area contributed by atoms with Crippen LogP contribution in [0.3, 0.4) is 0 Å². The van der Waals surface area contributed by atoms with E-state index in [1.54, 1.807) is 11.1 Å². The molecule has 0 nitrogen and oxygen atoms in total.